The van der Waals surface area contributed by atoms with Gasteiger partial charge in [-0.2, -0.15) is 0 Å². The average molecular weight is 299 g/mol. The Morgan fingerprint density at radius 1 is 1.23 bits per heavy atom. The smallest absolute Gasteiger partial charge is 0.336 e. The van der Waals surface area contributed by atoms with Crippen molar-refractivity contribution in [2.45, 2.75) is 33.8 Å². The molecule has 5 nitrogen and oxygen atoms in total. The molecular weight excluding hydrogens is 282 g/mol. The Bertz CT molecular complexity index is 856. The van der Waals surface area contributed by atoms with Gasteiger partial charge in [-0.1, -0.05) is 12.1 Å². The van der Waals surface area contributed by atoms with Crippen LogP contribution in [0.4, 0.5) is 0 Å². The third kappa shape index (κ3) is 2.62. The Kier molecular flexibility index (Phi) is 3.71. The Labute approximate surface area is 127 Å². The summed E-state index contributed by atoms with van der Waals surface area (Å²) in [7, 11) is 0. The zero-order valence-electron chi connectivity index (χ0n) is 12.8. The highest BCUT2D eigenvalue weighted by molar-refractivity contribution is 5.81. The standard InChI is InChI=1S/C17H17NO4/c1-4-12-7-17(19)21-16-8-13(5-6-14(12)16)20-9-15-10(2)18-22-11(15)3/h5-8H,4,9H2,1-3H3. The predicted molar refractivity (Wildman–Crippen MR) is 82.2 cm³/mol. The largest absolute Gasteiger partial charge is 0.489 e. The van der Waals surface area contributed by atoms with E-state index in [1.807, 2.05) is 32.9 Å². The average Bonchev–Trinajstić information content (AvgIpc) is 2.82. The highest BCUT2D eigenvalue weighted by Gasteiger charge is 2.10. The lowest BCUT2D eigenvalue weighted by atomic mass is 10.1. The van der Waals surface area contributed by atoms with Crippen molar-refractivity contribution in [1.82, 2.24) is 5.16 Å². The van der Waals surface area contributed by atoms with Crippen molar-refractivity contribution in [3.63, 3.8) is 0 Å². The SMILES string of the molecule is CCc1cc(=O)oc2cc(OCc3c(C)noc3C)ccc12. The van der Waals surface area contributed by atoms with Crippen molar-refractivity contribution >= 4 is 11.0 Å². The van der Waals surface area contributed by atoms with Crippen LogP contribution in [0.3, 0.4) is 0 Å². The molecule has 1 aromatic carbocycles. The number of ether oxygens (including phenoxy) is 1. The van der Waals surface area contributed by atoms with Crippen LogP contribution in [0.15, 0.2) is 38.0 Å². The van der Waals surface area contributed by atoms with Crippen molar-refractivity contribution < 1.29 is 13.7 Å². The summed E-state index contributed by atoms with van der Waals surface area (Å²) in [5.41, 5.74) is 2.93. The molecule has 0 amide bonds. The van der Waals surface area contributed by atoms with E-state index >= 15 is 0 Å². The van der Waals surface area contributed by atoms with Gasteiger partial charge >= 0.3 is 5.63 Å². The van der Waals surface area contributed by atoms with Gasteiger partial charge in [0.15, 0.2) is 0 Å². The molecule has 2 aromatic heterocycles. The van der Waals surface area contributed by atoms with E-state index in [0.29, 0.717) is 17.9 Å². The summed E-state index contributed by atoms with van der Waals surface area (Å²) in [4.78, 5) is 11.6. The molecule has 0 saturated carbocycles. The van der Waals surface area contributed by atoms with E-state index < -0.39 is 0 Å². The molecule has 0 spiro atoms. The van der Waals surface area contributed by atoms with Gasteiger partial charge in [0.05, 0.1) is 11.3 Å². The third-order valence-electron chi connectivity index (χ3n) is 3.75. The van der Waals surface area contributed by atoms with Crippen LogP contribution in [-0.4, -0.2) is 5.16 Å². The van der Waals surface area contributed by atoms with Gasteiger partial charge in [-0.3, -0.25) is 0 Å². The normalized spacial score (nSPS) is 11.0. The van der Waals surface area contributed by atoms with E-state index in [1.165, 1.54) is 6.07 Å². The molecule has 0 saturated heterocycles. The summed E-state index contributed by atoms with van der Waals surface area (Å²) >= 11 is 0. The summed E-state index contributed by atoms with van der Waals surface area (Å²) in [5, 5.41) is 4.83. The Hall–Kier alpha value is -2.56. The number of rotatable bonds is 4. The fourth-order valence-corrected chi connectivity index (χ4v) is 2.46. The molecule has 0 N–H and O–H groups in total. The fraction of sp³-hybridized carbons (Fsp3) is 0.294. The number of aromatic nitrogens is 1. The topological polar surface area (TPSA) is 65.5 Å². The molecule has 0 radical (unpaired) electrons. The minimum atomic E-state index is -0.341. The van der Waals surface area contributed by atoms with Crippen LogP contribution >= 0.6 is 0 Å². The second-order valence-corrected chi connectivity index (χ2v) is 5.19. The van der Waals surface area contributed by atoms with Crippen molar-refractivity contribution in [2.24, 2.45) is 0 Å². The first-order valence-electron chi connectivity index (χ1n) is 7.20. The lowest BCUT2D eigenvalue weighted by Gasteiger charge is -2.08. The van der Waals surface area contributed by atoms with E-state index in [1.54, 1.807) is 6.07 Å². The molecule has 3 aromatic rings. The van der Waals surface area contributed by atoms with Crippen molar-refractivity contribution in [1.29, 1.82) is 0 Å². The lowest BCUT2D eigenvalue weighted by Crippen LogP contribution is -2.01. The maximum absolute atomic E-state index is 11.6. The van der Waals surface area contributed by atoms with Crippen LogP contribution in [0.5, 0.6) is 5.75 Å². The van der Waals surface area contributed by atoms with Crippen LogP contribution < -0.4 is 10.4 Å². The first kappa shape index (κ1) is 14.4. The predicted octanol–water partition coefficient (Wildman–Crippen LogP) is 3.54. The monoisotopic (exact) mass is 299 g/mol. The van der Waals surface area contributed by atoms with Crippen LogP contribution in [0.25, 0.3) is 11.0 Å². The molecule has 2 heterocycles. The van der Waals surface area contributed by atoms with Crippen LogP contribution in [-0.2, 0) is 13.0 Å². The van der Waals surface area contributed by atoms with E-state index in [4.69, 9.17) is 13.7 Å². The third-order valence-corrected chi connectivity index (χ3v) is 3.75. The summed E-state index contributed by atoms with van der Waals surface area (Å²) in [6.07, 6.45) is 0.779. The van der Waals surface area contributed by atoms with Gasteiger partial charge in [0.1, 0.15) is 23.7 Å². The fourth-order valence-electron chi connectivity index (χ4n) is 2.46. The Balaban J connectivity index is 1.91. The molecular formula is C17H17NO4. The number of aryl methyl sites for hydroxylation is 3. The van der Waals surface area contributed by atoms with Crippen LogP contribution in [0.1, 0.15) is 29.5 Å². The molecule has 0 aliphatic heterocycles. The van der Waals surface area contributed by atoms with Gasteiger partial charge in [-0.15, -0.1) is 0 Å². The molecule has 3 rings (SSSR count). The molecule has 0 atom stereocenters. The number of nitrogens with zero attached hydrogens (tertiary/aromatic N) is 1. The van der Waals surface area contributed by atoms with Crippen molar-refractivity contribution in [3.8, 4) is 5.75 Å². The molecule has 5 heteroatoms. The summed E-state index contributed by atoms with van der Waals surface area (Å²) in [6.45, 7) is 6.11. The minimum absolute atomic E-state index is 0.341. The van der Waals surface area contributed by atoms with Gasteiger partial charge in [-0.05, 0) is 38.0 Å². The Morgan fingerprint density at radius 3 is 2.73 bits per heavy atom. The zero-order valence-corrected chi connectivity index (χ0v) is 12.8. The van der Waals surface area contributed by atoms with E-state index in [-0.39, 0.29) is 5.63 Å². The van der Waals surface area contributed by atoms with Gasteiger partial charge < -0.3 is 13.7 Å². The van der Waals surface area contributed by atoms with Gasteiger partial charge in [0.2, 0.25) is 0 Å². The minimum Gasteiger partial charge on any atom is -0.489 e. The number of fused-ring (bicyclic) bond motifs is 1. The summed E-state index contributed by atoms with van der Waals surface area (Å²) in [5.74, 6) is 1.39. The van der Waals surface area contributed by atoms with E-state index in [2.05, 4.69) is 5.16 Å². The molecule has 0 aliphatic rings. The van der Waals surface area contributed by atoms with Crippen LogP contribution in [0, 0.1) is 13.8 Å². The molecule has 114 valence electrons. The quantitative estimate of drug-likeness (QED) is 0.689. The number of hydrogen-bond donors (Lipinski definition) is 0. The molecule has 0 fully saturated rings. The highest BCUT2D eigenvalue weighted by atomic mass is 16.5. The summed E-state index contributed by atoms with van der Waals surface area (Å²) < 4.78 is 16.1. The summed E-state index contributed by atoms with van der Waals surface area (Å²) in [6, 6.07) is 7.07. The number of hydrogen-bond acceptors (Lipinski definition) is 5. The molecule has 0 aliphatic carbocycles. The van der Waals surface area contributed by atoms with Gasteiger partial charge in [0.25, 0.3) is 0 Å². The van der Waals surface area contributed by atoms with Gasteiger partial charge in [0, 0.05) is 17.5 Å². The second-order valence-electron chi connectivity index (χ2n) is 5.19. The number of benzene rings is 1. The molecule has 0 unspecified atom stereocenters. The molecule has 0 bridgehead atoms. The highest BCUT2D eigenvalue weighted by Crippen LogP contribution is 2.24. The zero-order chi connectivity index (χ0) is 15.7. The second kappa shape index (κ2) is 5.67. The molecule has 22 heavy (non-hydrogen) atoms. The van der Waals surface area contributed by atoms with Crippen LogP contribution in [0.2, 0.25) is 0 Å². The first-order chi connectivity index (χ1) is 10.6. The first-order valence-corrected chi connectivity index (χ1v) is 7.20. The lowest BCUT2D eigenvalue weighted by molar-refractivity contribution is 0.301. The van der Waals surface area contributed by atoms with E-state index in [0.717, 1.165) is 34.4 Å². The maximum Gasteiger partial charge on any atom is 0.336 e. The maximum atomic E-state index is 11.6. The van der Waals surface area contributed by atoms with Crippen molar-refractivity contribution in [2.75, 3.05) is 0 Å². The van der Waals surface area contributed by atoms with Gasteiger partial charge in [-0.25, -0.2) is 4.79 Å². The van der Waals surface area contributed by atoms with E-state index in [9.17, 15) is 4.79 Å². The van der Waals surface area contributed by atoms with Crippen molar-refractivity contribution in [3.05, 3.63) is 57.3 Å². The Morgan fingerprint density at radius 2 is 2.05 bits per heavy atom.